The first-order valence-corrected chi connectivity index (χ1v) is 10.4. The van der Waals surface area contributed by atoms with Crippen molar-refractivity contribution < 1.29 is 9.53 Å². The number of nitrogens with zero attached hydrogens (tertiary/aromatic N) is 2. The number of carbonyl (C=O) groups is 1. The Bertz CT molecular complexity index is 719. The minimum Gasteiger partial charge on any atom is -0.369 e. The lowest BCUT2D eigenvalue weighted by Crippen LogP contribution is -2.41. The molecule has 4 rings (SSSR count). The van der Waals surface area contributed by atoms with E-state index in [2.05, 4.69) is 28.4 Å². The summed E-state index contributed by atoms with van der Waals surface area (Å²) in [5.41, 5.74) is 1.02. The molecule has 3 aliphatic heterocycles. The van der Waals surface area contributed by atoms with Gasteiger partial charge >= 0.3 is 0 Å². The number of hydrogen-bond acceptors (Lipinski definition) is 4. The summed E-state index contributed by atoms with van der Waals surface area (Å²) in [6, 6.07) is 6.21. The van der Waals surface area contributed by atoms with Crippen molar-refractivity contribution in [3.8, 4) is 0 Å². The molecule has 1 amide bonds. The van der Waals surface area contributed by atoms with Crippen molar-refractivity contribution >= 4 is 11.7 Å². The lowest BCUT2D eigenvalue weighted by Gasteiger charge is -2.29. The largest absolute Gasteiger partial charge is 0.369 e. The van der Waals surface area contributed by atoms with Crippen molar-refractivity contribution in [1.29, 1.82) is 0 Å². The van der Waals surface area contributed by atoms with Crippen LogP contribution in [-0.4, -0.2) is 42.2 Å². The van der Waals surface area contributed by atoms with Crippen LogP contribution >= 0.6 is 0 Å². The molecule has 5 heteroatoms. The van der Waals surface area contributed by atoms with Crippen LogP contribution in [0.3, 0.4) is 0 Å². The highest BCUT2D eigenvalue weighted by atomic mass is 16.5. The Hall–Kier alpha value is -1.88. The molecule has 1 N–H and O–H groups in total. The Morgan fingerprint density at radius 3 is 3.19 bits per heavy atom. The van der Waals surface area contributed by atoms with E-state index in [1.54, 1.807) is 0 Å². The van der Waals surface area contributed by atoms with Crippen LogP contribution in [0, 0.1) is 18.8 Å². The second kappa shape index (κ2) is 7.63. The van der Waals surface area contributed by atoms with Gasteiger partial charge in [0, 0.05) is 43.6 Å². The lowest BCUT2D eigenvalue weighted by atomic mass is 9.73. The van der Waals surface area contributed by atoms with Crippen LogP contribution in [0.4, 0.5) is 5.82 Å². The van der Waals surface area contributed by atoms with Gasteiger partial charge < -0.3 is 15.0 Å². The number of pyridine rings is 1. The van der Waals surface area contributed by atoms with Crippen LogP contribution < -0.4 is 10.2 Å². The van der Waals surface area contributed by atoms with E-state index in [1.165, 1.54) is 0 Å². The summed E-state index contributed by atoms with van der Waals surface area (Å²) in [6.45, 7) is 6.71. The van der Waals surface area contributed by atoms with Gasteiger partial charge in [-0.1, -0.05) is 18.2 Å². The Kier molecular flexibility index (Phi) is 5.22. The van der Waals surface area contributed by atoms with Gasteiger partial charge in [0.25, 0.3) is 0 Å². The van der Waals surface area contributed by atoms with Gasteiger partial charge in [-0.05, 0) is 51.7 Å². The molecule has 0 aromatic carbocycles. The number of allylic oxidation sites excluding steroid dienone is 2. The monoisotopic (exact) mass is 369 g/mol. The molecule has 1 spiro atoms. The molecule has 0 radical (unpaired) electrons. The fourth-order valence-electron chi connectivity index (χ4n) is 5.21. The van der Waals surface area contributed by atoms with Gasteiger partial charge in [0.05, 0.1) is 11.7 Å². The predicted octanol–water partition coefficient (Wildman–Crippen LogP) is 3.24. The molecule has 1 aromatic rings. The van der Waals surface area contributed by atoms with E-state index in [-0.39, 0.29) is 11.5 Å². The number of carbonyl (C=O) groups excluding carboxylic acids is 1. The molecule has 3 aliphatic rings. The highest BCUT2D eigenvalue weighted by molar-refractivity contribution is 5.75. The number of anilines is 1. The quantitative estimate of drug-likeness (QED) is 0.592. The number of hydrogen-bond donors (Lipinski definition) is 1. The molecule has 0 aliphatic carbocycles. The fourth-order valence-corrected chi connectivity index (χ4v) is 5.21. The molecule has 4 heterocycles. The van der Waals surface area contributed by atoms with E-state index in [0.717, 1.165) is 56.8 Å². The zero-order valence-electron chi connectivity index (χ0n) is 16.5. The maximum Gasteiger partial charge on any atom is 0.220 e. The number of unbranched alkanes of at least 4 members (excludes halogenated alkanes) is 1. The maximum atomic E-state index is 12.2. The van der Waals surface area contributed by atoms with Gasteiger partial charge in [-0.25, -0.2) is 4.98 Å². The van der Waals surface area contributed by atoms with Crippen molar-refractivity contribution in [2.24, 2.45) is 11.8 Å². The summed E-state index contributed by atoms with van der Waals surface area (Å²) in [4.78, 5) is 19.3. The van der Waals surface area contributed by atoms with Gasteiger partial charge in [-0.2, -0.15) is 0 Å². The molecule has 2 bridgehead atoms. The maximum absolute atomic E-state index is 12.2. The van der Waals surface area contributed by atoms with Gasteiger partial charge in [0.15, 0.2) is 0 Å². The van der Waals surface area contributed by atoms with E-state index >= 15 is 0 Å². The third kappa shape index (κ3) is 3.62. The highest BCUT2D eigenvalue weighted by Crippen LogP contribution is 2.55. The van der Waals surface area contributed by atoms with E-state index in [4.69, 9.17) is 9.72 Å². The minimum absolute atomic E-state index is 0.0303. The average molecular weight is 370 g/mol. The zero-order valence-corrected chi connectivity index (χ0v) is 16.5. The third-order valence-electron chi connectivity index (χ3n) is 6.53. The van der Waals surface area contributed by atoms with Crippen molar-refractivity contribution in [3.05, 3.63) is 36.0 Å². The second-order valence-corrected chi connectivity index (χ2v) is 8.31. The molecule has 5 nitrogen and oxygen atoms in total. The van der Waals surface area contributed by atoms with Crippen molar-refractivity contribution in [2.75, 3.05) is 24.5 Å². The number of amides is 1. The molecular weight excluding hydrogens is 338 g/mol. The van der Waals surface area contributed by atoms with Crippen LogP contribution in [0.2, 0.25) is 0 Å². The van der Waals surface area contributed by atoms with Gasteiger partial charge in [-0.3, -0.25) is 4.79 Å². The average Bonchev–Trinajstić information content (AvgIpc) is 3.32. The number of fused-ring (bicyclic) bond motifs is 1. The first-order valence-electron chi connectivity index (χ1n) is 10.4. The van der Waals surface area contributed by atoms with E-state index in [9.17, 15) is 4.79 Å². The van der Waals surface area contributed by atoms with Gasteiger partial charge in [0.2, 0.25) is 5.91 Å². The number of aromatic nitrogens is 1. The second-order valence-electron chi connectivity index (χ2n) is 8.31. The van der Waals surface area contributed by atoms with Crippen LogP contribution in [0.15, 0.2) is 30.4 Å². The molecule has 0 saturated carbocycles. The number of aryl methyl sites for hydroxylation is 1. The molecule has 146 valence electrons. The molecular formula is C22H31N3O2. The van der Waals surface area contributed by atoms with Crippen LogP contribution in [0.1, 0.15) is 44.7 Å². The van der Waals surface area contributed by atoms with Crippen LogP contribution in [-0.2, 0) is 9.53 Å². The smallest absolute Gasteiger partial charge is 0.220 e. The van der Waals surface area contributed by atoms with Gasteiger partial charge in [0.1, 0.15) is 5.82 Å². The van der Waals surface area contributed by atoms with Crippen molar-refractivity contribution in [1.82, 2.24) is 10.3 Å². The minimum atomic E-state index is -0.0303. The Morgan fingerprint density at radius 2 is 2.37 bits per heavy atom. The standard InChI is InChI=1S/C22H31N3O2/c1-3-4-5-6-10-21(26)23-13-17-18-14-25(20-9-7-8-16(2)24-20)15-22(18)12-11-19(17)27-22/h3-4,7-9,17-19H,5-6,10-15H2,1-2H3,(H,23,26)/b4-3+/t17-,18+,19+,22+/m0/s1. The third-order valence-corrected chi connectivity index (χ3v) is 6.53. The molecule has 1 aromatic heterocycles. The molecule has 27 heavy (non-hydrogen) atoms. The fraction of sp³-hybridized carbons (Fsp3) is 0.636. The van der Waals surface area contributed by atoms with E-state index < -0.39 is 0 Å². The topological polar surface area (TPSA) is 54.5 Å². The number of rotatable bonds is 7. The Morgan fingerprint density at radius 1 is 1.48 bits per heavy atom. The summed E-state index contributed by atoms with van der Waals surface area (Å²) in [5, 5.41) is 3.18. The highest BCUT2D eigenvalue weighted by Gasteiger charge is 2.63. The first kappa shape index (κ1) is 18.5. The summed E-state index contributed by atoms with van der Waals surface area (Å²) in [5.74, 6) is 2.14. The van der Waals surface area contributed by atoms with E-state index in [1.807, 2.05) is 26.0 Å². The van der Waals surface area contributed by atoms with Crippen LogP contribution in [0.5, 0.6) is 0 Å². The number of nitrogens with one attached hydrogen (secondary N) is 1. The zero-order chi connectivity index (χ0) is 18.9. The molecule has 0 unspecified atom stereocenters. The summed E-state index contributed by atoms with van der Waals surface area (Å²) >= 11 is 0. The molecule has 3 fully saturated rings. The van der Waals surface area contributed by atoms with Crippen molar-refractivity contribution in [2.45, 2.75) is 57.7 Å². The Labute approximate surface area is 162 Å². The van der Waals surface area contributed by atoms with Gasteiger partial charge in [-0.15, -0.1) is 0 Å². The first-order chi connectivity index (χ1) is 13.1. The van der Waals surface area contributed by atoms with Crippen LogP contribution in [0.25, 0.3) is 0 Å². The normalized spacial score (nSPS) is 31.6. The summed E-state index contributed by atoms with van der Waals surface area (Å²) in [7, 11) is 0. The molecule has 4 atom stereocenters. The number of ether oxygens (including phenoxy) is 1. The van der Waals surface area contributed by atoms with Crippen molar-refractivity contribution in [3.63, 3.8) is 0 Å². The Balaban J connectivity index is 1.36. The SMILES string of the molecule is C/C=C/CCCC(=O)NC[C@H]1[C@H]2CN(c3cccc(C)n3)C[C@]23CC[C@H]1O3. The summed E-state index contributed by atoms with van der Waals surface area (Å²) < 4.78 is 6.49. The predicted molar refractivity (Wildman–Crippen MR) is 107 cm³/mol. The lowest BCUT2D eigenvalue weighted by molar-refractivity contribution is -0.121. The summed E-state index contributed by atoms with van der Waals surface area (Å²) in [6.07, 6.45) is 9.23. The van der Waals surface area contributed by atoms with E-state index in [0.29, 0.717) is 24.4 Å². The molecule has 3 saturated heterocycles.